The topological polar surface area (TPSA) is 75.4 Å². The Morgan fingerprint density at radius 1 is 1.41 bits per heavy atom. The van der Waals surface area contributed by atoms with Gasteiger partial charge >= 0.3 is 0 Å². The quantitative estimate of drug-likeness (QED) is 0.901. The van der Waals surface area contributed by atoms with E-state index in [4.69, 9.17) is 0 Å². The fourth-order valence-electron chi connectivity index (χ4n) is 2.79. The summed E-state index contributed by atoms with van der Waals surface area (Å²) >= 11 is 0. The van der Waals surface area contributed by atoms with Crippen molar-refractivity contribution in [3.8, 4) is 0 Å². The first-order valence-electron chi connectivity index (χ1n) is 7.58. The van der Waals surface area contributed by atoms with E-state index in [0.29, 0.717) is 12.3 Å². The Kier molecular flexibility index (Phi) is 3.50. The van der Waals surface area contributed by atoms with Gasteiger partial charge in [0, 0.05) is 30.4 Å². The molecule has 0 aliphatic carbocycles. The third-order valence-electron chi connectivity index (χ3n) is 3.74. The van der Waals surface area contributed by atoms with Crippen molar-refractivity contribution in [3.63, 3.8) is 0 Å². The number of rotatable bonds is 2. The largest absolute Gasteiger partial charge is 0.356 e. The highest BCUT2D eigenvalue weighted by atomic mass is 16.2. The molecule has 3 heterocycles. The lowest BCUT2D eigenvalue weighted by molar-refractivity contribution is -0.125. The van der Waals surface area contributed by atoms with Crippen molar-refractivity contribution in [2.75, 3.05) is 18.0 Å². The van der Waals surface area contributed by atoms with Crippen molar-refractivity contribution in [1.82, 2.24) is 24.9 Å². The second-order valence-electron chi connectivity index (χ2n) is 6.90. The van der Waals surface area contributed by atoms with Gasteiger partial charge in [-0.3, -0.25) is 4.79 Å². The van der Waals surface area contributed by atoms with Crippen LogP contribution in [0.2, 0.25) is 0 Å². The maximum absolute atomic E-state index is 12.3. The molecule has 0 radical (unpaired) electrons. The van der Waals surface area contributed by atoms with Crippen LogP contribution in [-0.2, 0) is 4.79 Å². The molecule has 7 heteroatoms. The summed E-state index contributed by atoms with van der Waals surface area (Å²) in [7, 11) is 0. The second-order valence-corrected chi connectivity index (χ2v) is 6.90. The molecule has 0 bridgehead atoms. The molecule has 7 nitrogen and oxygen atoms in total. The van der Waals surface area contributed by atoms with Gasteiger partial charge in [-0.2, -0.15) is 14.6 Å². The Bertz CT molecular complexity index is 702. The van der Waals surface area contributed by atoms with Gasteiger partial charge < -0.3 is 10.2 Å². The summed E-state index contributed by atoms with van der Waals surface area (Å²) in [5.41, 5.74) is 0.704. The number of fused-ring (bicyclic) bond motifs is 1. The Morgan fingerprint density at radius 3 is 2.91 bits per heavy atom. The summed E-state index contributed by atoms with van der Waals surface area (Å²) in [5, 5.41) is 7.30. The van der Waals surface area contributed by atoms with Crippen molar-refractivity contribution in [2.45, 2.75) is 39.7 Å². The molecule has 0 spiro atoms. The maximum Gasteiger partial charge on any atom is 0.254 e. The highest BCUT2D eigenvalue weighted by Gasteiger charge is 2.31. The van der Waals surface area contributed by atoms with Crippen LogP contribution in [0.15, 0.2) is 12.4 Å². The fraction of sp³-hybridized carbons (Fsp3) is 0.600. The first kappa shape index (κ1) is 14.7. The molecule has 1 aliphatic heterocycles. The fourth-order valence-corrected chi connectivity index (χ4v) is 2.79. The van der Waals surface area contributed by atoms with E-state index in [1.54, 1.807) is 4.52 Å². The van der Waals surface area contributed by atoms with E-state index >= 15 is 0 Å². The second kappa shape index (κ2) is 5.23. The lowest BCUT2D eigenvalue weighted by atomic mass is 10.0. The zero-order valence-electron chi connectivity index (χ0n) is 13.5. The molecule has 2 aromatic rings. The third-order valence-corrected chi connectivity index (χ3v) is 3.74. The summed E-state index contributed by atoms with van der Waals surface area (Å²) in [4.78, 5) is 23.0. The van der Waals surface area contributed by atoms with E-state index in [1.807, 2.05) is 33.8 Å². The van der Waals surface area contributed by atoms with Gasteiger partial charge in [0.05, 0.1) is 5.92 Å². The van der Waals surface area contributed by atoms with Gasteiger partial charge in [0.2, 0.25) is 5.91 Å². The van der Waals surface area contributed by atoms with E-state index in [9.17, 15) is 4.79 Å². The molecule has 3 rings (SSSR count). The number of carbonyl (C=O) groups is 1. The number of anilines is 1. The van der Waals surface area contributed by atoms with Gasteiger partial charge in [-0.05, 0) is 34.1 Å². The van der Waals surface area contributed by atoms with Gasteiger partial charge in [-0.15, -0.1) is 0 Å². The Labute approximate surface area is 129 Å². The predicted molar refractivity (Wildman–Crippen MR) is 83.7 cm³/mol. The average molecular weight is 302 g/mol. The number of aromatic nitrogens is 4. The molecular weight excluding hydrogens is 280 g/mol. The molecule has 1 fully saturated rings. The van der Waals surface area contributed by atoms with E-state index in [2.05, 4.69) is 25.3 Å². The lowest BCUT2D eigenvalue weighted by Crippen LogP contribution is -2.44. The van der Waals surface area contributed by atoms with Crippen LogP contribution in [0.25, 0.3) is 5.78 Å². The minimum atomic E-state index is -0.197. The molecule has 22 heavy (non-hydrogen) atoms. The smallest absolute Gasteiger partial charge is 0.254 e. The Morgan fingerprint density at radius 2 is 2.18 bits per heavy atom. The minimum absolute atomic E-state index is 0.00580. The number of amides is 1. The average Bonchev–Trinajstić information content (AvgIpc) is 3.04. The number of carbonyl (C=O) groups excluding carboxylic acids is 1. The Hall–Kier alpha value is -2.18. The molecule has 0 saturated carbocycles. The van der Waals surface area contributed by atoms with Crippen LogP contribution >= 0.6 is 0 Å². The van der Waals surface area contributed by atoms with Crippen LogP contribution in [0.5, 0.6) is 0 Å². The lowest BCUT2D eigenvalue weighted by Gasteiger charge is -2.23. The minimum Gasteiger partial charge on any atom is -0.356 e. The van der Waals surface area contributed by atoms with Crippen LogP contribution in [0.1, 0.15) is 32.9 Å². The summed E-state index contributed by atoms with van der Waals surface area (Å²) in [6.45, 7) is 9.48. The van der Waals surface area contributed by atoms with Gasteiger partial charge in [-0.25, -0.2) is 4.98 Å². The first-order chi connectivity index (χ1) is 10.3. The van der Waals surface area contributed by atoms with E-state index in [-0.39, 0.29) is 17.4 Å². The van der Waals surface area contributed by atoms with Gasteiger partial charge in [0.1, 0.15) is 12.1 Å². The normalized spacial score (nSPS) is 18.9. The predicted octanol–water partition coefficient (Wildman–Crippen LogP) is 1.17. The molecule has 1 atom stereocenters. The number of hydrogen-bond donors (Lipinski definition) is 1. The number of nitrogens with zero attached hydrogens (tertiary/aromatic N) is 5. The SMILES string of the molecule is Cc1cc(N2CCC(C(=O)NC(C)(C)C)C2)n2ncnc2n1. The summed E-state index contributed by atoms with van der Waals surface area (Å²) in [6.07, 6.45) is 2.35. The third kappa shape index (κ3) is 2.88. The molecule has 118 valence electrons. The van der Waals surface area contributed by atoms with E-state index in [0.717, 1.165) is 24.5 Å². The van der Waals surface area contributed by atoms with Crippen molar-refractivity contribution < 1.29 is 4.79 Å². The van der Waals surface area contributed by atoms with Crippen molar-refractivity contribution in [3.05, 3.63) is 18.1 Å². The number of aryl methyl sites for hydroxylation is 1. The molecule has 1 amide bonds. The highest BCUT2D eigenvalue weighted by molar-refractivity contribution is 5.80. The Balaban J connectivity index is 1.80. The van der Waals surface area contributed by atoms with Crippen molar-refractivity contribution in [1.29, 1.82) is 0 Å². The zero-order valence-corrected chi connectivity index (χ0v) is 13.5. The monoisotopic (exact) mass is 302 g/mol. The first-order valence-corrected chi connectivity index (χ1v) is 7.58. The summed E-state index contributed by atoms with van der Waals surface area (Å²) in [5.74, 6) is 1.67. The molecule has 1 N–H and O–H groups in total. The van der Waals surface area contributed by atoms with Crippen LogP contribution < -0.4 is 10.2 Å². The molecule has 1 saturated heterocycles. The van der Waals surface area contributed by atoms with Crippen LogP contribution in [0, 0.1) is 12.8 Å². The molecule has 2 aromatic heterocycles. The van der Waals surface area contributed by atoms with Crippen LogP contribution in [-0.4, -0.2) is 44.1 Å². The standard InChI is InChI=1S/C15H22N6O/c1-10-7-12(21-14(18-10)16-9-17-21)20-6-5-11(8-20)13(22)19-15(2,3)4/h7,9,11H,5-6,8H2,1-4H3,(H,19,22). The number of nitrogens with one attached hydrogen (secondary N) is 1. The number of hydrogen-bond acceptors (Lipinski definition) is 5. The van der Waals surface area contributed by atoms with Crippen LogP contribution in [0.3, 0.4) is 0 Å². The highest BCUT2D eigenvalue weighted by Crippen LogP contribution is 2.24. The molecular formula is C15H22N6O. The van der Waals surface area contributed by atoms with Gasteiger partial charge in [0.25, 0.3) is 5.78 Å². The van der Waals surface area contributed by atoms with Crippen molar-refractivity contribution in [2.24, 2.45) is 5.92 Å². The van der Waals surface area contributed by atoms with E-state index in [1.165, 1.54) is 6.33 Å². The zero-order chi connectivity index (χ0) is 15.9. The van der Waals surface area contributed by atoms with Gasteiger partial charge in [-0.1, -0.05) is 0 Å². The molecule has 0 aromatic carbocycles. The van der Waals surface area contributed by atoms with E-state index < -0.39 is 0 Å². The summed E-state index contributed by atoms with van der Waals surface area (Å²) < 4.78 is 1.73. The van der Waals surface area contributed by atoms with Gasteiger partial charge in [0.15, 0.2) is 0 Å². The molecule has 1 aliphatic rings. The van der Waals surface area contributed by atoms with Crippen LogP contribution in [0.4, 0.5) is 5.82 Å². The maximum atomic E-state index is 12.3. The molecule has 1 unspecified atom stereocenters. The summed E-state index contributed by atoms with van der Waals surface area (Å²) in [6, 6.07) is 1.99. The van der Waals surface area contributed by atoms with Crippen molar-refractivity contribution >= 4 is 17.5 Å².